The van der Waals surface area contributed by atoms with Gasteiger partial charge in [0, 0.05) is 11.8 Å². The van der Waals surface area contributed by atoms with Crippen molar-refractivity contribution in [2.75, 3.05) is 5.32 Å². The Kier molecular flexibility index (Phi) is 6.49. The van der Waals surface area contributed by atoms with Gasteiger partial charge in [-0.2, -0.15) is 0 Å². The highest BCUT2D eigenvalue weighted by Crippen LogP contribution is 2.41. The minimum Gasteiger partial charge on any atom is -0.504 e. The van der Waals surface area contributed by atoms with Crippen molar-refractivity contribution in [3.05, 3.63) is 74.3 Å². The van der Waals surface area contributed by atoms with Crippen molar-refractivity contribution in [1.82, 2.24) is 10.3 Å². The second-order valence-corrected chi connectivity index (χ2v) is 7.32. The van der Waals surface area contributed by atoms with Crippen molar-refractivity contribution >= 4 is 64.0 Å². The molecule has 0 atom stereocenters. The molecule has 1 aromatic heterocycles. The van der Waals surface area contributed by atoms with E-state index in [1.807, 2.05) is 0 Å². The number of nitrogens with zero attached hydrogens (tertiary/aromatic N) is 1. The number of carbonyl (C=O) groups is 2. The van der Waals surface area contributed by atoms with Crippen LogP contribution in [0.4, 0.5) is 10.5 Å². The van der Waals surface area contributed by atoms with Gasteiger partial charge in [0.1, 0.15) is 0 Å². The van der Waals surface area contributed by atoms with Crippen LogP contribution in [0.3, 0.4) is 0 Å². The lowest BCUT2D eigenvalue weighted by molar-refractivity contribution is 0.0967. The molecule has 10 heteroatoms. The van der Waals surface area contributed by atoms with E-state index in [0.717, 1.165) is 0 Å². The monoisotopic (exact) mass is 469 g/mol. The number of phenols is 1. The highest BCUT2D eigenvalue weighted by molar-refractivity contribution is 6.38. The Labute approximate surface area is 185 Å². The van der Waals surface area contributed by atoms with Crippen LogP contribution in [-0.2, 0) is 0 Å². The third kappa shape index (κ3) is 4.74. The van der Waals surface area contributed by atoms with E-state index in [2.05, 4.69) is 15.6 Å². The molecule has 3 rings (SSSR count). The summed E-state index contributed by atoms with van der Waals surface area (Å²) >= 11 is 24.1. The molecule has 3 N–H and O–H groups in total. The van der Waals surface area contributed by atoms with Gasteiger partial charge >= 0.3 is 6.03 Å². The molecule has 0 unspecified atom stereocenters. The molecule has 0 spiro atoms. The smallest absolute Gasteiger partial charge is 0.326 e. The largest absolute Gasteiger partial charge is 0.504 e. The summed E-state index contributed by atoms with van der Waals surface area (Å²) in [5.74, 6) is -1.12. The van der Waals surface area contributed by atoms with Gasteiger partial charge in [-0.25, -0.2) is 4.79 Å². The fourth-order valence-corrected chi connectivity index (χ4v) is 3.39. The zero-order chi connectivity index (χ0) is 21.1. The van der Waals surface area contributed by atoms with E-state index < -0.39 is 17.7 Å². The molecule has 29 heavy (non-hydrogen) atoms. The number of phenolic OH excluding ortho intramolecular Hbond substituents is 1. The molecular weight excluding hydrogens is 460 g/mol. The van der Waals surface area contributed by atoms with Crippen molar-refractivity contribution in [2.45, 2.75) is 0 Å². The molecule has 0 aliphatic heterocycles. The number of anilines is 1. The van der Waals surface area contributed by atoms with E-state index in [1.54, 1.807) is 12.1 Å². The summed E-state index contributed by atoms with van der Waals surface area (Å²) in [6, 6.07) is 9.77. The zero-order valence-electron chi connectivity index (χ0n) is 14.3. The minimum absolute atomic E-state index is 0.0201. The summed E-state index contributed by atoms with van der Waals surface area (Å²) in [5.41, 5.74) is 0.754. The van der Waals surface area contributed by atoms with E-state index in [1.165, 1.54) is 36.5 Å². The van der Waals surface area contributed by atoms with Crippen LogP contribution in [0.1, 0.15) is 10.4 Å². The van der Waals surface area contributed by atoms with Gasteiger partial charge in [0.05, 0.1) is 37.0 Å². The first kappa shape index (κ1) is 21.2. The lowest BCUT2D eigenvalue weighted by atomic mass is 10.1. The molecule has 2 aromatic carbocycles. The van der Waals surface area contributed by atoms with E-state index >= 15 is 0 Å². The summed E-state index contributed by atoms with van der Waals surface area (Å²) in [6.45, 7) is 0. The lowest BCUT2D eigenvalue weighted by Crippen LogP contribution is -2.34. The zero-order valence-corrected chi connectivity index (χ0v) is 17.4. The molecule has 0 saturated heterocycles. The van der Waals surface area contributed by atoms with Crippen molar-refractivity contribution in [3.8, 4) is 17.0 Å². The fraction of sp³-hybridized carbons (Fsp3) is 0. The molecule has 3 amide bonds. The minimum atomic E-state index is -0.878. The molecular formula is C19H11Cl4N3O3. The van der Waals surface area contributed by atoms with Gasteiger partial charge in [0.15, 0.2) is 5.75 Å². The van der Waals surface area contributed by atoms with Crippen LogP contribution in [-0.4, -0.2) is 22.0 Å². The van der Waals surface area contributed by atoms with Gasteiger partial charge in [0.2, 0.25) is 0 Å². The van der Waals surface area contributed by atoms with Crippen LogP contribution < -0.4 is 10.6 Å². The highest BCUT2D eigenvalue weighted by atomic mass is 35.5. The Balaban J connectivity index is 1.80. The second kappa shape index (κ2) is 8.88. The number of amides is 3. The Hall–Kier alpha value is -2.51. The summed E-state index contributed by atoms with van der Waals surface area (Å²) in [6.07, 6.45) is 1.38. The number of benzene rings is 2. The number of urea groups is 1. The number of aromatic nitrogens is 1. The number of hydrogen-bond donors (Lipinski definition) is 3. The number of pyridine rings is 1. The first-order chi connectivity index (χ1) is 13.8. The van der Waals surface area contributed by atoms with E-state index in [-0.39, 0.29) is 26.3 Å². The summed E-state index contributed by atoms with van der Waals surface area (Å²) in [5, 5.41) is 15.5. The molecule has 0 aliphatic rings. The van der Waals surface area contributed by atoms with Crippen molar-refractivity contribution in [1.29, 1.82) is 0 Å². The van der Waals surface area contributed by atoms with Crippen molar-refractivity contribution in [3.63, 3.8) is 0 Å². The second-order valence-electron chi connectivity index (χ2n) is 5.70. The van der Waals surface area contributed by atoms with Gasteiger partial charge in [-0.1, -0.05) is 58.5 Å². The van der Waals surface area contributed by atoms with Crippen LogP contribution in [0.25, 0.3) is 11.3 Å². The highest BCUT2D eigenvalue weighted by Gasteiger charge is 2.18. The number of nitrogens with one attached hydrogen (secondary N) is 2. The SMILES string of the molecule is O=C(NC(=O)c1ccccc1Cl)Nc1ccc(-c2ncc(Cl)cc2Cl)c(Cl)c1O. The molecule has 6 nitrogen and oxygen atoms in total. The van der Waals surface area contributed by atoms with E-state index in [4.69, 9.17) is 46.4 Å². The fourth-order valence-electron chi connectivity index (χ4n) is 2.43. The van der Waals surface area contributed by atoms with E-state index in [0.29, 0.717) is 16.3 Å². The average Bonchev–Trinajstić information content (AvgIpc) is 2.66. The van der Waals surface area contributed by atoms with Crippen molar-refractivity contribution in [2.24, 2.45) is 0 Å². The van der Waals surface area contributed by atoms with Crippen LogP contribution in [0, 0.1) is 0 Å². The number of hydrogen-bond acceptors (Lipinski definition) is 4. The first-order valence-electron chi connectivity index (χ1n) is 7.97. The number of rotatable bonds is 3. The topological polar surface area (TPSA) is 91.3 Å². The van der Waals surface area contributed by atoms with Crippen LogP contribution in [0.15, 0.2) is 48.7 Å². The molecule has 0 saturated carbocycles. The van der Waals surface area contributed by atoms with E-state index in [9.17, 15) is 14.7 Å². The average molecular weight is 471 g/mol. The Morgan fingerprint density at radius 1 is 0.966 bits per heavy atom. The first-order valence-corrected chi connectivity index (χ1v) is 9.49. The molecule has 0 bridgehead atoms. The predicted molar refractivity (Wildman–Crippen MR) is 114 cm³/mol. The number of carbonyl (C=O) groups excluding carboxylic acids is 2. The Morgan fingerprint density at radius 3 is 2.38 bits per heavy atom. The molecule has 0 aliphatic carbocycles. The van der Waals surface area contributed by atoms with Crippen LogP contribution >= 0.6 is 46.4 Å². The summed E-state index contributed by atoms with van der Waals surface area (Å²) in [4.78, 5) is 28.4. The lowest BCUT2D eigenvalue weighted by Gasteiger charge is -2.13. The Bertz CT molecular complexity index is 1120. The molecule has 148 valence electrons. The summed E-state index contributed by atoms with van der Waals surface area (Å²) < 4.78 is 0. The maximum Gasteiger partial charge on any atom is 0.326 e. The maximum absolute atomic E-state index is 12.1. The van der Waals surface area contributed by atoms with Crippen LogP contribution in [0.5, 0.6) is 5.75 Å². The maximum atomic E-state index is 12.1. The predicted octanol–water partition coefficient (Wildman–Crippen LogP) is 6.03. The van der Waals surface area contributed by atoms with Gasteiger partial charge in [-0.15, -0.1) is 0 Å². The normalized spacial score (nSPS) is 10.5. The van der Waals surface area contributed by atoms with Gasteiger partial charge in [-0.3, -0.25) is 15.1 Å². The third-order valence-corrected chi connectivity index (χ3v) is 4.98. The third-order valence-electron chi connectivity index (χ3n) is 3.77. The molecule has 0 radical (unpaired) electrons. The number of halogens is 4. The standard InChI is InChI=1S/C19H11Cl4N3O3/c20-9-7-13(22)16(24-8-9)11-5-6-14(17(27)15(11)23)25-19(29)26-18(28)10-3-1-2-4-12(10)21/h1-8,27H,(H2,25,26,28,29). The molecule has 0 fully saturated rings. The quantitative estimate of drug-likeness (QED) is 0.407. The van der Waals surface area contributed by atoms with Gasteiger partial charge in [0.25, 0.3) is 5.91 Å². The van der Waals surface area contributed by atoms with Gasteiger partial charge < -0.3 is 10.4 Å². The molecule has 3 aromatic rings. The van der Waals surface area contributed by atoms with Gasteiger partial charge in [-0.05, 0) is 30.3 Å². The summed E-state index contributed by atoms with van der Waals surface area (Å²) in [7, 11) is 0. The number of aromatic hydroxyl groups is 1. The van der Waals surface area contributed by atoms with Crippen molar-refractivity contribution < 1.29 is 14.7 Å². The van der Waals surface area contributed by atoms with Crippen LogP contribution in [0.2, 0.25) is 20.1 Å². The Morgan fingerprint density at radius 2 is 1.69 bits per heavy atom. The number of imide groups is 1. The molecule has 1 heterocycles.